The van der Waals surface area contributed by atoms with Gasteiger partial charge in [0, 0.05) is 12.1 Å². The summed E-state index contributed by atoms with van der Waals surface area (Å²) in [5.74, 6) is -0.441. The molecule has 0 saturated heterocycles. The van der Waals surface area contributed by atoms with E-state index in [-0.39, 0.29) is 0 Å². The Morgan fingerprint density at radius 2 is 1.86 bits per heavy atom. The van der Waals surface area contributed by atoms with Gasteiger partial charge in [-0.05, 0) is 29.7 Å². The molecule has 0 radical (unpaired) electrons. The quantitative estimate of drug-likeness (QED) is 0.620. The lowest BCUT2D eigenvalue weighted by Crippen LogP contribution is -2.31. The van der Waals surface area contributed by atoms with Crippen molar-refractivity contribution in [3.05, 3.63) is 35.5 Å². The molecule has 1 aromatic carbocycles. The number of nitrogens with zero attached hydrogens (tertiary/aromatic N) is 2. The summed E-state index contributed by atoms with van der Waals surface area (Å²) in [6.45, 7) is 3.99. The fourth-order valence-corrected chi connectivity index (χ4v) is 1.44. The van der Waals surface area contributed by atoms with Crippen molar-refractivity contribution in [1.29, 1.82) is 0 Å². The summed E-state index contributed by atoms with van der Waals surface area (Å²) >= 11 is 0. The predicted octanol–water partition coefficient (Wildman–Crippen LogP) is 0.642. The van der Waals surface area contributed by atoms with Crippen molar-refractivity contribution in [2.75, 3.05) is 0 Å². The van der Waals surface area contributed by atoms with Crippen LogP contribution in [0, 0.1) is 13.8 Å². The van der Waals surface area contributed by atoms with Crippen LogP contribution in [-0.4, -0.2) is 5.27 Å². The van der Waals surface area contributed by atoms with Gasteiger partial charge >= 0.3 is 0 Å². The van der Waals surface area contributed by atoms with Crippen LogP contribution in [0.2, 0.25) is 0 Å². The smallest absolute Gasteiger partial charge is 0.239 e. The molecule has 0 aliphatic heterocycles. The van der Waals surface area contributed by atoms with E-state index in [0.29, 0.717) is 0 Å². The summed E-state index contributed by atoms with van der Waals surface area (Å²) in [4.78, 5) is 0. The highest BCUT2D eigenvalue weighted by molar-refractivity contribution is 5.32. The Morgan fingerprint density at radius 1 is 1.21 bits per heavy atom. The second kappa shape index (κ2) is 3.14. The van der Waals surface area contributed by atoms with E-state index in [1.54, 1.807) is 0 Å². The molecule has 0 fully saturated rings. The average molecular weight is 190 g/mol. The lowest BCUT2D eigenvalue weighted by atomic mass is 10.1. The molecule has 0 bridgehead atoms. The molecule has 0 saturated carbocycles. The Balaban J connectivity index is 2.51. The highest BCUT2D eigenvalue weighted by Gasteiger charge is 2.09. The van der Waals surface area contributed by atoms with E-state index in [1.165, 1.54) is 10.9 Å². The third-order valence-electron chi connectivity index (χ3n) is 1.92. The number of rotatable bonds is 1. The topological polar surface area (TPSA) is 53.0 Å². The Bertz CT molecular complexity index is 443. The number of aryl methyl sites for hydroxylation is 2. The van der Waals surface area contributed by atoms with Gasteiger partial charge in [-0.2, -0.15) is 0 Å². The van der Waals surface area contributed by atoms with Gasteiger partial charge < -0.3 is 9.63 Å². The fraction of sp³-hybridized carbons (Fsp3) is 0.200. The summed E-state index contributed by atoms with van der Waals surface area (Å²) in [5, 5.41) is 14.4. The summed E-state index contributed by atoms with van der Waals surface area (Å²) in [6.07, 6.45) is 1.31. The molecule has 72 valence electrons. The van der Waals surface area contributed by atoms with Crippen molar-refractivity contribution in [3.8, 4) is 11.6 Å². The molecule has 0 spiro atoms. The first-order valence-corrected chi connectivity index (χ1v) is 4.29. The minimum absolute atomic E-state index is 0.441. The molecule has 2 aromatic rings. The van der Waals surface area contributed by atoms with Crippen molar-refractivity contribution in [1.82, 2.24) is 5.27 Å². The van der Waals surface area contributed by atoms with Crippen molar-refractivity contribution >= 4 is 0 Å². The maximum atomic E-state index is 10.8. The van der Waals surface area contributed by atoms with Gasteiger partial charge in [-0.15, -0.1) is 0 Å². The zero-order chi connectivity index (χ0) is 10.1. The zero-order valence-corrected chi connectivity index (χ0v) is 8.02. The summed E-state index contributed by atoms with van der Waals surface area (Å²) < 4.78 is 5.89. The van der Waals surface area contributed by atoms with E-state index >= 15 is 0 Å². The first-order chi connectivity index (χ1) is 6.65. The SMILES string of the molecule is Cc1cc(C)cc(-[n+]2cc([O-])on2)c1. The summed E-state index contributed by atoms with van der Waals surface area (Å²) in [5.41, 5.74) is 3.10. The lowest BCUT2D eigenvalue weighted by molar-refractivity contribution is -0.670. The monoisotopic (exact) mass is 190 g/mol. The van der Waals surface area contributed by atoms with Gasteiger partial charge in [-0.25, -0.2) is 0 Å². The molecule has 4 heteroatoms. The van der Waals surface area contributed by atoms with Gasteiger partial charge in [0.25, 0.3) is 0 Å². The Kier molecular flexibility index (Phi) is 1.96. The molecule has 0 aliphatic rings. The Hall–Kier alpha value is -1.84. The fourth-order valence-electron chi connectivity index (χ4n) is 1.44. The van der Waals surface area contributed by atoms with Crippen LogP contribution in [0.1, 0.15) is 11.1 Å². The van der Waals surface area contributed by atoms with Crippen molar-refractivity contribution in [3.63, 3.8) is 0 Å². The number of aromatic nitrogens is 2. The lowest BCUT2D eigenvalue weighted by Gasteiger charge is -1.95. The minimum atomic E-state index is -0.441. The van der Waals surface area contributed by atoms with Crippen molar-refractivity contribution in [2.24, 2.45) is 0 Å². The van der Waals surface area contributed by atoms with E-state index in [4.69, 9.17) is 0 Å². The van der Waals surface area contributed by atoms with Crippen LogP contribution in [0.4, 0.5) is 0 Å². The van der Waals surface area contributed by atoms with E-state index in [0.717, 1.165) is 16.8 Å². The maximum Gasteiger partial charge on any atom is 0.239 e. The van der Waals surface area contributed by atoms with Crippen LogP contribution in [0.3, 0.4) is 0 Å². The standard InChI is InChI=1S/C10H10N2O2/c1-7-3-8(2)5-9(4-7)12-6-10(13)14-11-12/h3-6H,1-2H3. The molecule has 1 heterocycles. The first kappa shape index (κ1) is 8.74. The molecular formula is C10H10N2O2. The summed E-state index contributed by atoms with van der Waals surface area (Å²) in [7, 11) is 0. The number of hydrogen-bond donors (Lipinski definition) is 0. The molecule has 4 nitrogen and oxygen atoms in total. The maximum absolute atomic E-state index is 10.8. The molecular weight excluding hydrogens is 180 g/mol. The molecule has 0 amide bonds. The highest BCUT2D eigenvalue weighted by Crippen LogP contribution is 2.08. The van der Waals surface area contributed by atoms with Gasteiger partial charge in [0.05, 0.1) is 5.27 Å². The summed E-state index contributed by atoms with van der Waals surface area (Å²) in [6, 6.07) is 5.94. The van der Waals surface area contributed by atoms with Crippen molar-refractivity contribution < 1.29 is 14.3 Å². The number of hydrogen-bond acceptors (Lipinski definition) is 3. The first-order valence-electron chi connectivity index (χ1n) is 4.29. The van der Waals surface area contributed by atoms with Crippen LogP contribution in [0.25, 0.3) is 5.69 Å². The Morgan fingerprint density at radius 3 is 2.36 bits per heavy atom. The average Bonchev–Trinajstić information content (AvgIpc) is 2.50. The molecule has 0 N–H and O–H groups in total. The van der Waals surface area contributed by atoms with Gasteiger partial charge in [-0.3, -0.25) is 0 Å². The normalized spacial score (nSPS) is 10.4. The van der Waals surface area contributed by atoms with Crippen LogP contribution in [0.5, 0.6) is 5.95 Å². The van der Waals surface area contributed by atoms with Gasteiger partial charge in [-0.1, -0.05) is 6.07 Å². The Labute approximate surface area is 81.4 Å². The van der Waals surface area contributed by atoms with Crippen LogP contribution in [0.15, 0.2) is 28.9 Å². The van der Waals surface area contributed by atoms with Gasteiger partial charge in [0.1, 0.15) is 5.95 Å². The van der Waals surface area contributed by atoms with Gasteiger partial charge in [0.2, 0.25) is 11.9 Å². The molecule has 0 aliphatic carbocycles. The molecule has 2 rings (SSSR count). The third-order valence-corrected chi connectivity index (χ3v) is 1.92. The van der Waals surface area contributed by atoms with Gasteiger partial charge in [0.15, 0.2) is 0 Å². The van der Waals surface area contributed by atoms with Crippen LogP contribution < -0.4 is 9.79 Å². The zero-order valence-electron chi connectivity index (χ0n) is 8.02. The molecule has 0 atom stereocenters. The van der Waals surface area contributed by atoms with E-state index in [2.05, 4.69) is 15.9 Å². The minimum Gasteiger partial charge on any atom is -0.539 e. The predicted molar refractivity (Wildman–Crippen MR) is 47.0 cm³/mol. The van der Waals surface area contributed by atoms with E-state index in [9.17, 15) is 5.11 Å². The second-order valence-corrected chi connectivity index (χ2v) is 3.31. The third kappa shape index (κ3) is 1.59. The van der Waals surface area contributed by atoms with Crippen LogP contribution in [-0.2, 0) is 0 Å². The van der Waals surface area contributed by atoms with Crippen LogP contribution >= 0.6 is 0 Å². The highest BCUT2D eigenvalue weighted by atomic mass is 16.6. The van der Waals surface area contributed by atoms with E-state index in [1.807, 2.05) is 26.0 Å². The van der Waals surface area contributed by atoms with Crippen molar-refractivity contribution in [2.45, 2.75) is 13.8 Å². The molecule has 0 unspecified atom stereocenters. The number of benzene rings is 1. The van der Waals surface area contributed by atoms with E-state index < -0.39 is 5.95 Å². The molecule has 14 heavy (non-hydrogen) atoms. The molecule has 1 aromatic heterocycles. The second-order valence-electron chi connectivity index (χ2n) is 3.31. The largest absolute Gasteiger partial charge is 0.539 e.